The lowest BCUT2D eigenvalue weighted by molar-refractivity contribution is -0.145. The third kappa shape index (κ3) is 4.02. The van der Waals surface area contributed by atoms with Crippen molar-refractivity contribution < 1.29 is 19.4 Å². The average Bonchev–Trinajstić information content (AvgIpc) is 2.63. The molecule has 6 heteroatoms. The Kier molecular flexibility index (Phi) is 5.21. The van der Waals surface area contributed by atoms with Crippen LogP contribution in [-0.2, 0) is 4.79 Å². The number of nitrogens with one attached hydrogen (secondary N) is 1. The van der Waals surface area contributed by atoms with E-state index < -0.39 is 17.4 Å². The molecule has 1 aliphatic rings. The first-order chi connectivity index (χ1) is 12.5. The number of carboxylic acids is 1. The molecule has 0 radical (unpaired) electrons. The molecule has 136 valence electrons. The molecule has 2 aromatic rings. The van der Waals surface area contributed by atoms with Crippen LogP contribution < -0.4 is 10.1 Å². The van der Waals surface area contributed by atoms with Gasteiger partial charge in [-0.1, -0.05) is 12.8 Å². The zero-order chi connectivity index (χ0) is 18.6. The largest absolute Gasteiger partial charge is 0.481 e. The molecule has 0 aliphatic heterocycles. The van der Waals surface area contributed by atoms with E-state index in [1.165, 1.54) is 0 Å². The summed E-state index contributed by atoms with van der Waals surface area (Å²) < 4.78 is 5.66. The van der Waals surface area contributed by atoms with E-state index in [9.17, 15) is 14.7 Å². The number of aliphatic carboxylic acids is 1. The molecule has 1 aliphatic carbocycles. The van der Waals surface area contributed by atoms with Crippen molar-refractivity contribution in [3.63, 3.8) is 0 Å². The van der Waals surface area contributed by atoms with Gasteiger partial charge in [0.15, 0.2) is 0 Å². The van der Waals surface area contributed by atoms with Crippen LogP contribution in [0.1, 0.15) is 43.0 Å². The number of carboxylic acid groups (broad SMARTS) is 1. The lowest BCUT2D eigenvalue weighted by Gasteiger charge is -2.39. The number of ether oxygens (including phenoxy) is 1. The van der Waals surface area contributed by atoms with Gasteiger partial charge in [0.25, 0.3) is 5.91 Å². The van der Waals surface area contributed by atoms with Gasteiger partial charge in [0.1, 0.15) is 11.5 Å². The molecule has 1 aromatic heterocycles. The number of pyridine rings is 1. The van der Waals surface area contributed by atoms with Gasteiger partial charge in [-0.05, 0) is 56.2 Å². The Hall–Kier alpha value is -2.89. The summed E-state index contributed by atoms with van der Waals surface area (Å²) in [6, 6.07) is 10.3. The van der Waals surface area contributed by atoms with Crippen molar-refractivity contribution in [1.82, 2.24) is 10.3 Å². The van der Waals surface area contributed by atoms with Gasteiger partial charge >= 0.3 is 5.97 Å². The Labute approximate surface area is 152 Å². The summed E-state index contributed by atoms with van der Waals surface area (Å²) in [5, 5.41) is 12.4. The average molecular weight is 354 g/mol. The van der Waals surface area contributed by atoms with E-state index in [-0.39, 0.29) is 5.91 Å². The lowest BCUT2D eigenvalue weighted by Crippen LogP contribution is -2.55. The Morgan fingerprint density at radius 2 is 1.96 bits per heavy atom. The first kappa shape index (κ1) is 17.9. The molecule has 1 fully saturated rings. The van der Waals surface area contributed by atoms with Gasteiger partial charge in [0.05, 0.1) is 17.7 Å². The second-order valence-electron chi connectivity index (χ2n) is 6.82. The first-order valence-corrected chi connectivity index (χ1v) is 8.71. The van der Waals surface area contributed by atoms with Crippen LogP contribution in [0.3, 0.4) is 0 Å². The molecule has 1 saturated carbocycles. The van der Waals surface area contributed by atoms with Crippen molar-refractivity contribution >= 4 is 11.9 Å². The number of benzene rings is 1. The maximum absolute atomic E-state index is 12.6. The summed E-state index contributed by atoms with van der Waals surface area (Å²) >= 11 is 0. The minimum Gasteiger partial charge on any atom is -0.481 e. The number of nitrogens with zero attached hydrogens (tertiary/aromatic N) is 1. The number of carbonyl (C=O) groups excluding carboxylic acids is 1. The van der Waals surface area contributed by atoms with Crippen LogP contribution in [0.5, 0.6) is 11.5 Å². The number of rotatable bonds is 5. The highest BCUT2D eigenvalue weighted by Crippen LogP contribution is 2.34. The number of aromatic nitrogens is 1. The summed E-state index contributed by atoms with van der Waals surface area (Å²) in [6.45, 7) is 1.82. The molecule has 2 atom stereocenters. The molecule has 26 heavy (non-hydrogen) atoms. The highest BCUT2D eigenvalue weighted by atomic mass is 16.5. The van der Waals surface area contributed by atoms with Gasteiger partial charge in [-0.15, -0.1) is 0 Å². The Balaban J connectivity index is 1.68. The topological polar surface area (TPSA) is 88.5 Å². The van der Waals surface area contributed by atoms with Crippen molar-refractivity contribution in [2.75, 3.05) is 0 Å². The van der Waals surface area contributed by atoms with Gasteiger partial charge in [0.2, 0.25) is 0 Å². The lowest BCUT2D eigenvalue weighted by atomic mass is 9.73. The number of carbonyl (C=O) groups is 2. The molecule has 1 heterocycles. The fourth-order valence-corrected chi connectivity index (χ4v) is 3.43. The second-order valence-corrected chi connectivity index (χ2v) is 6.82. The number of amides is 1. The smallest absolute Gasteiger partial charge is 0.308 e. The zero-order valence-corrected chi connectivity index (χ0v) is 14.6. The van der Waals surface area contributed by atoms with E-state index >= 15 is 0 Å². The summed E-state index contributed by atoms with van der Waals surface area (Å²) in [6.07, 6.45) is 6.32. The van der Waals surface area contributed by atoms with Gasteiger partial charge in [-0.25, -0.2) is 0 Å². The third-order valence-electron chi connectivity index (χ3n) is 4.89. The predicted octanol–water partition coefficient (Wildman–Crippen LogP) is 3.64. The van der Waals surface area contributed by atoms with Crippen molar-refractivity contribution in [3.8, 4) is 11.5 Å². The summed E-state index contributed by atoms with van der Waals surface area (Å²) in [4.78, 5) is 28.1. The molecule has 1 aromatic carbocycles. The third-order valence-corrected chi connectivity index (χ3v) is 4.89. The second kappa shape index (κ2) is 7.56. The van der Waals surface area contributed by atoms with E-state index in [0.29, 0.717) is 29.9 Å². The fourth-order valence-electron chi connectivity index (χ4n) is 3.43. The van der Waals surface area contributed by atoms with Gasteiger partial charge in [0, 0.05) is 11.8 Å². The summed E-state index contributed by atoms with van der Waals surface area (Å²) in [7, 11) is 0. The van der Waals surface area contributed by atoms with Crippen LogP contribution >= 0.6 is 0 Å². The van der Waals surface area contributed by atoms with Crippen LogP contribution in [0.2, 0.25) is 0 Å². The van der Waals surface area contributed by atoms with Crippen LogP contribution in [-0.4, -0.2) is 27.5 Å². The maximum Gasteiger partial charge on any atom is 0.308 e. The summed E-state index contributed by atoms with van der Waals surface area (Å²) in [5.74, 6) is -0.472. The molecule has 0 spiro atoms. The van der Waals surface area contributed by atoms with Gasteiger partial charge < -0.3 is 15.2 Å². The van der Waals surface area contributed by atoms with Gasteiger partial charge in [-0.2, -0.15) is 0 Å². The highest BCUT2D eigenvalue weighted by molar-refractivity contribution is 5.95. The maximum atomic E-state index is 12.6. The van der Waals surface area contributed by atoms with Crippen LogP contribution in [0.25, 0.3) is 0 Å². The van der Waals surface area contributed by atoms with Crippen LogP contribution in [0.15, 0.2) is 48.8 Å². The molecule has 6 nitrogen and oxygen atoms in total. The molecular weight excluding hydrogens is 332 g/mol. The van der Waals surface area contributed by atoms with E-state index in [0.717, 1.165) is 12.8 Å². The minimum absolute atomic E-state index is 0.270. The van der Waals surface area contributed by atoms with Crippen molar-refractivity contribution in [2.45, 2.75) is 38.1 Å². The molecule has 2 N–H and O–H groups in total. The fraction of sp³-hybridized carbons (Fsp3) is 0.350. The molecule has 3 rings (SSSR count). The van der Waals surface area contributed by atoms with E-state index in [4.69, 9.17) is 4.74 Å². The zero-order valence-electron chi connectivity index (χ0n) is 14.6. The minimum atomic E-state index is -0.854. The van der Waals surface area contributed by atoms with E-state index in [1.54, 1.807) is 48.8 Å². The van der Waals surface area contributed by atoms with Crippen molar-refractivity contribution in [2.24, 2.45) is 5.92 Å². The number of hydrogen-bond donors (Lipinski definition) is 2. The normalized spacial score (nSPS) is 22.4. The monoisotopic (exact) mass is 354 g/mol. The van der Waals surface area contributed by atoms with Crippen LogP contribution in [0, 0.1) is 5.92 Å². The standard InChI is InChI=1S/C20H22N2O4/c1-20(11-3-2-6-17(20)19(24)25)22-18(23)14-7-9-15(10-8-14)26-16-5-4-12-21-13-16/h4-5,7-10,12-13,17H,2-3,6,11H2,1H3,(H,22,23)(H,24,25). The molecule has 2 unspecified atom stereocenters. The highest BCUT2D eigenvalue weighted by Gasteiger charge is 2.42. The van der Waals surface area contributed by atoms with Gasteiger partial charge in [-0.3, -0.25) is 14.6 Å². The Morgan fingerprint density at radius 3 is 2.62 bits per heavy atom. The summed E-state index contributed by atoms with van der Waals surface area (Å²) in [5.41, 5.74) is -0.258. The van der Waals surface area contributed by atoms with Crippen molar-refractivity contribution in [1.29, 1.82) is 0 Å². The molecule has 1 amide bonds. The first-order valence-electron chi connectivity index (χ1n) is 8.71. The number of hydrogen-bond acceptors (Lipinski definition) is 4. The predicted molar refractivity (Wildman–Crippen MR) is 96.2 cm³/mol. The Bertz CT molecular complexity index is 776. The molecule has 0 saturated heterocycles. The van der Waals surface area contributed by atoms with Crippen molar-refractivity contribution in [3.05, 3.63) is 54.4 Å². The van der Waals surface area contributed by atoms with E-state index in [1.807, 2.05) is 6.92 Å². The van der Waals surface area contributed by atoms with Crippen LogP contribution in [0.4, 0.5) is 0 Å². The molecular formula is C20H22N2O4. The molecule has 0 bridgehead atoms. The quantitative estimate of drug-likeness (QED) is 0.856. The van der Waals surface area contributed by atoms with E-state index in [2.05, 4.69) is 10.3 Å². The SMILES string of the molecule is CC1(NC(=O)c2ccc(Oc3cccnc3)cc2)CCCCC1C(=O)O. The Morgan fingerprint density at radius 1 is 1.19 bits per heavy atom.